The van der Waals surface area contributed by atoms with E-state index in [2.05, 4.69) is 37.2 Å². The highest BCUT2D eigenvalue weighted by molar-refractivity contribution is 9.10. The minimum atomic E-state index is -0.354. The van der Waals surface area contributed by atoms with Crippen molar-refractivity contribution < 1.29 is 18.7 Å². The maximum absolute atomic E-state index is 13.3. The Kier molecular flexibility index (Phi) is 6.62. The molecule has 0 atom stereocenters. The molecule has 0 bridgehead atoms. The molecule has 1 N–H and O–H groups in total. The molecule has 4 nitrogen and oxygen atoms in total. The van der Waals surface area contributed by atoms with Crippen LogP contribution < -0.4 is 14.8 Å². The lowest BCUT2D eigenvalue weighted by molar-refractivity contribution is 0.0950. The van der Waals surface area contributed by atoms with E-state index in [4.69, 9.17) is 9.47 Å². The van der Waals surface area contributed by atoms with E-state index >= 15 is 0 Å². The van der Waals surface area contributed by atoms with Crippen molar-refractivity contribution in [3.8, 4) is 11.5 Å². The summed E-state index contributed by atoms with van der Waals surface area (Å²) in [6.45, 7) is 2.54. The van der Waals surface area contributed by atoms with Gasteiger partial charge >= 0.3 is 0 Å². The molecule has 0 unspecified atom stereocenters. The quantitative estimate of drug-likeness (QED) is 0.680. The first-order valence-corrected chi connectivity index (χ1v) is 8.77. The number of nitrogens with one attached hydrogen (secondary N) is 1. The van der Waals surface area contributed by atoms with Gasteiger partial charge in [0.2, 0.25) is 0 Å². The molecule has 0 spiro atoms. The molecule has 0 saturated heterocycles. The molecule has 2 aromatic rings. The minimum Gasteiger partial charge on any atom is -0.493 e. The predicted octanol–water partition coefficient (Wildman–Crippen LogP) is 4.69. The van der Waals surface area contributed by atoms with E-state index in [1.807, 2.05) is 6.92 Å². The van der Waals surface area contributed by atoms with Crippen molar-refractivity contribution in [2.45, 2.75) is 13.5 Å². The SMILES string of the molecule is CCOc1c(Br)cc(C(=O)NCc2cc(F)ccc2Br)cc1OC. The molecule has 7 heteroatoms. The zero-order valence-corrected chi connectivity index (χ0v) is 16.3. The lowest BCUT2D eigenvalue weighted by Gasteiger charge is -2.13. The monoisotopic (exact) mass is 459 g/mol. The second-order valence-corrected chi connectivity index (χ2v) is 6.55. The number of benzene rings is 2. The van der Waals surface area contributed by atoms with E-state index in [9.17, 15) is 9.18 Å². The Bertz CT molecular complexity index is 753. The van der Waals surface area contributed by atoms with Gasteiger partial charge in [-0.2, -0.15) is 0 Å². The molecule has 2 aromatic carbocycles. The van der Waals surface area contributed by atoms with Crippen molar-refractivity contribution in [1.29, 1.82) is 0 Å². The number of methoxy groups -OCH3 is 1. The average Bonchev–Trinajstić information content (AvgIpc) is 2.57. The number of carbonyl (C=O) groups is 1. The van der Waals surface area contributed by atoms with Crippen LogP contribution in [-0.4, -0.2) is 19.6 Å². The summed E-state index contributed by atoms with van der Waals surface area (Å²) < 4.78 is 25.4. The van der Waals surface area contributed by atoms with Gasteiger partial charge in [-0.05, 0) is 58.7 Å². The van der Waals surface area contributed by atoms with Crippen LogP contribution in [0.2, 0.25) is 0 Å². The first-order valence-electron chi connectivity index (χ1n) is 7.18. The molecule has 0 aliphatic heterocycles. The van der Waals surface area contributed by atoms with E-state index < -0.39 is 0 Å². The third kappa shape index (κ3) is 4.48. The maximum Gasteiger partial charge on any atom is 0.251 e. The highest BCUT2D eigenvalue weighted by Crippen LogP contribution is 2.36. The van der Waals surface area contributed by atoms with Crippen LogP contribution >= 0.6 is 31.9 Å². The van der Waals surface area contributed by atoms with Crippen LogP contribution in [0.4, 0.5) is 4.39 Å². The summed E-state index contributed by atoms with van der Waals surface area (Å²) in [4.78, 5) is 12.4. The van der Waals surface area contributed by atoms with Crippen LogP contribution in [0.25, 0.3) is 0 Å². The average molecular weight is 461 g/mol. The molecule has 0 aliphatic rings. The second-order valence-electron chi connectivity index (χ2n) is 4.84. The summed E-state index contributed by atoms with van der Waals surface area (Å²) in [5.74, 6) is 0.355. The van der Waals surface area contributed by atoms with Gasteiger partial charge in [-0.3, -0.25) is 4.79 Å². The Hall–Kier alpha value is -1.60. The molecule has 0 aromatic heterocycles. The summed E-state index contributed by atoms with van der Waals surface area (Å²) in [5, 5.41) is 2.76. The smallest absolute Gasteiger partial charge is 0.251 e. The van der Waals surface area contributed by atoms with E-state index in [1.165, 1.54) is 19.2 Å². The van der Waals surface area contributed by atoms with E-state index in [1.54, 1.807) is 18.2 Å². The van der Waals surface area contributed by atoms with Crippen molar-refractivity contribution >= 4 is 37.8 Å². The Morgan fingerprint density at radius 1 is 1.21 bits per heavy atom. The third-order valence-electron chi connectivity index (χ3n) is 3.23. The number of ether oxygens (including phenoxy) is 2. The largest absolute Gasteiger partial charge is 0.493 e. The van der Waals surface area contributed by atoms with Gasteiger partial charge in [0.1, 0.15) is 5.82 Å². The predicted molar refractivity (Wildman–Crippen MR) is 97.1 cm³/mol. The van der Waals surface area contributed by atoms with Gasteiger partial charge in [0.05, 0.1) is 18.2 Å². The highest BCUT2D eigenvalue weighted by Gasteiger charge is 2.15. The van der Waals surface area contributed by atoms with E-state index in [-0.39, 0.29) is 18.3 Å². The number of hydrogen-bond donors (Lipinski definition) is 1. The van der Waals surface area contributed by atoms with Gasteiger partial charge in [-0.15, -0.1) is 0 Å². The summed E-state index contributed by atoms with van der Waals surface area (Å²) in [7, 11) is 1.51. The Morgan fingerprint density at radius 3 is 2.62 bits per heavy atom. The van der Waals surface area contributed by atoms with Crippen LogP contribution in [-0.2, 0) is 6.54 Å². The fraction of sp³-hybridized carbons (Fsp3) is 0.235. The number of carbonyl (C=O) groups excluding carboxylic acids is 1. The Morgan fingerprint density at radius 2 is 1.96 bits per heavy atom. The van der Waals surface area contributed by atoms with Crippen LogP contribution in [0.3, 0.4) is 0 Å². The van der Waals surface area contributed by atoms with Crippen molar-refractivity contribution in [2.75, 3.05) is 13.7 Å². The molecular formula is C17H16Br2FNO3. The number of rotatable bonds is 6. The molecule has 2 rings (SSSR count). The van der Waals surface area contributed by atoms with Crippen LogP contribution in [0.15, 0.2) is 39.3 Å². The van der Waals surface area contributed by atoms with Crippen LogP contribution in [0, 0.1) is 5.82 Å². The van der Waals surface area contributed by atoms with Crippen molar-refractivity contribution in [3.63, 3.8) is 0 Å². The van der Waals surface area contributed by atoms with Crippen molar-refractivity contribution in [3.05, 3.63) is 56.2 Å². The summed E-state index contributed by atoms with van der Waals surface area (Å²) in [6, 6.07) is 7.59. The topological polar surface area (TPSA) is 47.6 Å². The third-order valence-corrected chi connectivity index (χ3v) is 4.59. The lowest BCUT2D eigenvalue weighted by Crippen LogP contribution is -2.23. The first-order chi connectivity index (χ1) is 11.5. The van der Waals surface area contributed by atoms with Crippen molar-refractivity contribution in [2.24, 2.45) is 0 Å². The molecule has 0 fully saturated rings. The fourth-order valence-corrected chi connectivity index (χ4v) is 3.03. The van der Waals surface area contributed by atoms with Gasteiger partial charge in [0, 0.05) is 16.6 Å². The zero-order chi connectivity index (χ0) is 17.7. The molecule has 0 saturated carbocycles. The minimum absolute atomic E-state index is 0.199. The number of hydrogen-bond acceptors (Lipinski definition) is 3. The second kappa shape index (κ2) is 8.48. The Labute approximate surface area is 156 Å². The van der Waals surface area contributed by atoms with Gasteiger partial charge < -0.3 is 14.8 Å². The maximum atomic E-state index is 13.3. The molecule has 0 radical (unpaired) electrons. The standard InChI is InChI=1S/C17H16Br2FNO3/c1-3-24-16-14(19)7-10(8-15(16)23-2)17(22)21-9-11-6-12(20)4-5-13(11)18/h4-8H,3,9H2,1-2H3,(H,21,22). The van der Waals surface area contributed by atoms with E-state index in [0.29, 0.717) is 33.7 Å². The summed E-state index contributed by atoms with van der Waals surface area (Å²) in [5.41, 5.74) is 1.06. The zero-order valence-electron chi connectivity index (χ0n) is 13.2. The lowest BCUT2D eigenvalue weighted by atomic mass is 10.1. The van der Waals surface area contributed by atoms with Gasteiger partial charge in [-0.25, -0.2) is 4.39 Å². The molecule has 24 heavy (non-hydrogen) atoms. The molecule has 0 heterocycles. The molecule has 0 aliphatic carbocycles. The summed E-state index contributed by atoms with van der Waals surface area (Å²) in [6.07, 6.45) is 0. The Balaban J connectivity index is 2.17. The number of halogens is 3. The van der Waals surface area contributed by atoms with E-state index in [0.717, 1.165) is 4.47 Å². The van der Waals surface area contributed by atoms with Gasteiger partial charge in [-0.1, -0.05) is 15.9 Å². The van der Waals surface area contributed by atoms with Crippen molar-refractivity contribution in [1.82, 2.24) is 5.32 Å². The van der Waals surface area contributed by atoms with Gasteiger partial charge in [0.15, 0.2) is 11.5 Å². The first kappa shape index (κ1) is 18.7. The summed E-state index contributed by atoms with van der Waals surface area (Å²) >= 11 is 6.72. The normalized spacial score (nSPS) is 10.4. The molecular weight excluding hydrogens is 445 g/mol. The number of amides is 1. The highest BCUT2D eigenvalue weighted by atomic mass is 79.9. The van der Waals surface area contributed by atoms with Gasteiger partial charge in [0.25, 0.3) is 5.91 Å². The van der Waals surface area contributed by atoms with Crippen LogP contribution in [0.1, 0.15) is 22.8 Å². The fourth-order valence-electron chi connectivity index (χ4n) is 2.09. The molecule has 128 valence electrons. The molecule has 1 amide bonds. The van der Waals surface area contributed by atoms with Crippen LogP contribution in [0.5, 0.6) is 11.5 Å².